The van der Waals surface area contributed by atoms with Crippen LogP contribution < -0.4 is 4.74 Å². The highest BCUT2D eigenvalue weighted by atomic mass is 32.2. The van der Waals surface area contributed by atoms with Crippen LogP contribution in [0.1, 0.15) is 22.7 Å². The van der Waals surface area contributed by atoms with Crippen molar-refractivity contribution in [2.45, 2.75) is 24.8 Å². The lowest BCUT2D eigenvalue weighted by Crippen LogP contribution is -2.49. The van der Waals surface area contributed by atoms with Gasteiger partial charge in [0.1, 0.15) is 5.75 Å². The first-order valence-corrected chi connectivity index (χ1v) is 10.2. The van der Waals surface area contributed by atoms with Crippen LogP contribution in [0, 0.1) is 13.8 Å². The third kappa shape index (κ3) is 3.63. The molecule has 0 amide bonds. The molecule has 0 aliphatic carbocycles. The molecule has 0 saturated carbocycles. The lowest BCUT2D eigenvalue weighted by atomic mass is 10.0. The summed E-state index contributed by atoms with van der Waals surface area (Å²) in [6.07, 6.45) is 0. The number of sulfonamides is 1. The van der Waals surface area contributed by atoms with Crippen molar-refractivity contribution in [3.8, 4) is 5.75 Å². The summed E-state index contributed by atoms with van der Waals surface area (Å²) >= 11 is 0. The van der Waals surface area contributed by atoms with E-state index >= 15 is 0 Å². The minimum atomic E-state index is -3.52. The topological polar surface area (TPSA) is 49.9 Å². The lowest BCUT2D eigenvalue weighted by molar-refractivity contribution is 0.148. The standard InChI is InChI=1S/C20H26N2O3S/c1-15-8-9-16(2)20(12-15)26(23,24)22-11-10-21(3)19(14-22)17-6-5-7-18(13-17)25-4/h5-9,12-13,19H,10-11,14H2,1-4H3. The summed E-state index contributed by atoms with van der Waals surface area (Å²) in [6, 6.07) is 13.4. The highest BCUT2D eigenvalue weighted by molar-refractivity contribution is 7.89. The number of piperazine rings is 1. The van der Waals surface area contributed by atoms with Crippen molar-refractivity contribution in [2.75, 3.05) is 33.8 Å². The molecule has 1 heterocycles. The summed E-state index contributed by atoms with van der Waals surface area (Å²) in [4.78, 5) is 2.61. The van der Waals surface area contributed by atoms with Crippen molar-refractivity contribution in [3.63, 3.8) is 0 Å². The number of ether oxygens (including phenoxy) is 1. The summed E-state index contributed by atoms with van der Waals surface area (Å²) < 4.78 is 33.4. The fourth-order valence-electron chi connectivity index (χ4n) is 3.40. The quantitative estimate of drug-likeness (QED) is 0.826. The largest absolute Gasteiger partial charge is 0.497 e. The van der Waals surface area contributed by atoms with Gasteiger partial charge in [0.25, 0.3) is 0 Å². The van der Waals surface area contributed by atoms with Gasteiger partial charge in [-0.15, -0.1) is 0 Å². The molecule has 26 heavy (non-hydrogen) atoms. The maximum atomic E-state index is 13.2. The van der Waals surface area contributed by atoms with E-state index in [0.29, 0.717) is 24.5 Å². The summed E-state index contributed by atoms with van der Waals surface area (Å²) in [5, 5.41) is 0. The van der Waals surface area contributed by atoms with Gasteiger partial charge in [-0.2, -0.15) is 4.31 Å². The van der Waals surface area contributed by atoms with Gasteiger partial charge in [0.05, 0.1) is 12.0 Å². The van der Waals surface area contributed by atoms with E-state index in [2.05, 4.69) is 4.90 Å². The monoisotopic (exact) mass is 374 g/mol. The van der Waals surface area contributed by atoms with E-state index in [4.69, 9.17) is 4.74 Å². The Balaban J connectivity index is 1.93. The van der Waals surface area contributed by atoms with Crippen LogP contribution in [0.25, 0.3) is 0 Å². The zero-order chi connectivity index (χ0) is 18.9. The highest BCUT2D eigenvalue weighted by Crippen LogP contribution is 2.30. The normalized spacial score (nSPS) is 19.5. The minimum absolute atomic E-state index is 0.00117. The predicted molar refractivity (Wildman–Crippen MR) is 103 cm³/mol. The van der Waals surface area contributed by atoms with Gasteiger partial charge in [0.2, 0.25) is 10.0 Å². The number of hydrogen-bond acceptors (Lipinski definition) is 4. The Morgan fingerprint density at radius 3 is 2.58 bits per heavy atom. The number of likely N-dealkylation sites (N-methyl/N-ethyl adjacent to an activating group) is 1. The Morgan fingerprint density at radius 2 is 1.85 bits per heavy atom. The average molecular weight is 375 g/mol. The van der Waals surface area contributed by atoms with Gasteiger partial charge < -0.3 is 4.74 Å². The molecule has 1 atom stereocenters. The maximum absolute atomic E-state index is 13.2. The molecule has 0 N–H and O–H groups in total. The molecule has 1 saturated heterocycles. The second-order valence-corrected chi connectivity index (χ2v) is 8.81. The van der Waals surface area contributed by atoms with Crippen LogP contribution in [0.3, 0.4) is 0 Å². The number of nitrogens with zero attached hydrogens (tertiary/aromatic N) is 2. The number of hydrogen-bond donors (Lipinski definition) is 0. The van der Waals surface area contributed by atoms with Crippen LogP contribution in [0.15, 0.2) is 47.4 Å². The van der Waals surface area contributed by atoms with Crippen LogP contribution in [-0.2, 0) is 10.0 Å². The third-order valence-electron chi connectivity index (χ3n) is 5.05. The zero-order valence-electron chi connectivity index (χ0n) is 15.8. The van der Waals surface area contributed by atoms with E-state index in [1.165, 1.54) is 0 Å². The summed E-state index contributed by atoms with van der Waals surface area (Å²) in [5.41, 5.74) is 2.80. The van der Waals surface area contributed by atoms with Gasteiger partial charge in [-0.1, -0.05) is 24.3 Å². The predicted octanol–water partition coefficient (Wildman–Crippen LogP) is 2.99. The fourth-order valence-corrected chi connectivity index (χ4v) is 5.15. The molecule has 2 aromatic carbocycles. The van der Waals surface area contributed by atoms with Crippen molar-refractivity contribution in [3.05, 3.63) is 59.2 Å². The lowest BCUT2D eigenvalue weighted by Gasteiger charge is -2.39. The SMILES string of the molecule is COc1cccc(C2CN(S(=O)(=O)c3cc(C)ccc3C)CCN2C)c1. The van der Waals surface area contributed by atoms with Crippen molar-refractivity contribution in [2.24, 2.45) is 0 Å². The molecule has 1 fully saturated rings. The Kier molecular flexibility index (Phi) is 5.37. The molecule has 3 rings (SSSR count). The van der Waals surface area contributed by atoms with E-state index in [0.717, 1.165) is 22.4 Å². The molecular formula is C20H26N2O3S. The van der Waals surface area contributed by atoms with E-state index < -0.39 is 10.0 Å². The number of benzene rings is 2. The zero-order valence-corrected chi connectivity index (χ0v) is 16.6. The Hall–Kier alpha value is -1.89. The smallest absolute Gasteiger partial charge is 0.243 e. The second-order valence-electron chi connectivity index (χ2n) is 6.91. The van der Waals surface area contributed by atoms with Crippen LogP contribution >= 0.6 is 0 Å². The van der Waals surface area contributed by atoms with Crippen molar-refractivity contribution in [1.29, 1.82) is 0 Å². The molecule has 1 aliphatic heterocycles. The summed E-state index contributed by atoms with van der Waals surface area (Å²) in [7, 11) is 0.154. The molecule has 1 aliphatic rings. The van der Waals surface area contributed by atoms with Crippen molar-refractivity contribution in [1.82, 2.24) is 9.21 Å². The second kappa shape index (κ2) is 7.39. The Labute approximate surface area is 156 Å². The number of methoxy groups -OCH3 is 1. The molecule has 0 bridgehead atoms. The summed E-state index contributed by atoms with van der Waals surface area (Å²) in [6.45, 7) is 5.38. The Morgan fingerprint density at radius 1 is 1.08 bits per heavy atom. The van der Waals surface area contributed by atoms with Gasteiger partial charge in [-0.3, -0.25) is 4.90 Å². The van der Waals surface area contributed by atoms with E-state index in [1.807, 2.05) is 57.3 Å². The maximum Gasteiger partial charge on any atom is 0.243 e. The van der Waals surface area contributed by atoms with Crippen LogP contribution in [-0.4, -0.2) is 51.4 Å². The van der Waals surface area contributed by atoms with Crippen molar-refractivity contribution >= 4 is 10.0 Å². The minimum Gasteiger partial charge on any atom is -0.497 e. The van der Waals surface area contributed by atoms with Gasteiger partial charge >= 0.3 is 0 Å². The number of rotatable bonds is 4. The molecule has 5 nitrogen and oxygen atoms in total. The molecular weight excluding hydrogens is 348 g/mol. The van der Waals surface area contributed by atoms with Crippen LogP contribution in [0.2, 0.25) is 0 Å². The first-order chi connectivity index (χ1) is 12.3. The van der Waals surface area contributed by atoms with Gasteiger partial charge in [0, 0.05) is 25.7 Å². The molecule has 2 aromatic rings. The van der Waals surface area contributed by atoms with E-state index in [-0.39, 0.29) is 6.04 Å². The summed E-state index contributed by atoms with van der Waals surface area (Å²) in [5.74, 6) is 0.783. The number of aryl methyl sites for hydroxylation is 2. The third-order valence-corrected chi connectivity index (χ3v) is 7.06. The van der Waals surface area contributed by atoms with E-state index in [9.17, 15) is 8.42 Å². The molecule has 0 aromatic heterocycles. The van der Waals surface area contributed by atoms with E-state index in [1.54, 1.807) is 17.5 Å². The average Bonchev–Trinajstić information content (AvgIpc) is 2.63. The molecule has 6 heteroatoms. The molecule has 1 unspecified atom stereocenters. The van der Waals surface area contributed by atoms with Crippen LogP contribution in [0.5, 0.6) is 5.75 Å². The van der Waals surface area contributed by atoms with Gasteiger partial charge in [0.15, 0.2) is 0 Å². The van der Waals surface area contributed by atoms with Crippen molar-refractivity contribution < 1.29 is 13.2 Å². The molecule has 140 valence electrons. The Bertz CT molecular complexity index is 896. The molecule has 0 radical (unpaired) electrons. The first kappa shape index (κ1) is 18.9. The van der Waals surface area contributed by atoms with Crippen LogP contribution in [0.4, 0.5) is 0 Å². The fraction of sp³-hybridized carbons (Fsp3) is 0.400. The van der Waals surface area contributed by atoms with Gasteiger partial charge in [-0.25, -0.2) is 8.42 Å². The molecule has 0 spiro atoms. The first-order valence-electron chi connectivity index (χ1n) is 8.74. The highest BCUT2D eigenvalue weighted by Gasteiger charge is 2.34. The van der Waals surface area contributed by atoms with Gasteiger partial charge in [-0.05, 0) is 55.8 Å².